The van der Waals surface area contributed by atoms with Crippen molar-refractivity contribution in [2.45, 2.75) is 18.9 Å². The summed E-state index contributed by atoms with van der Waals surface area (Å²) in [6, 6.07) is 16.5. The number of hydrogen-bond acceptors (Lipinski definition) is 5. The van der Waals surface area contributed by atoms with E-state index in [0.29, 0.717) is 47.1 Å². The van der Waals surface area contributed by atoms with E-state index in [4.69, 9.17) is 0 Å². The molecule has 2 aliphatic heterocycles. The van der Waals surface area contributed by atoms with Crippen molar-refractivity contribution in [3.63, 3.8) is 0 Å². The fourth-order valence-electron chi connectivity index (χ4n) is 5.48. The van der Waals surface area contributed by atoms with Crippen LogP contribution in [0.5, 0.6) is 0 Å². The molecule has 0 saturated carbocycles. The minimum Gasteiger partial charge on any atom is -0.350 e. The van der Waals surface area contributed by atoms with E-state index in [9.17, 15) is 23.6 Å². The van der Waals surface area contributed by atoms with Crippen molar-refractivity contribution in [2.24, 2.45) is 0 Å². The van der Waals surface area contributed by atoms with Crippen LogP contribution in [-0.4, -0.2) is 52.5 Å². The van der Waals surface area contributed by atoms with Gasteiger partial charge in [-0.05, 0) is 47.4 Å². The highest BCUT2D eigenvalue weighted by atomic mass is 19.1. The zero-order chi connectivity index (χ0) is 27.1. The molecular formula is C29H24FN5O4. The van der Waals surface area contributed by atoms with Crippen LogP contribution in [0.25, 0.3) is 10.8 Å². The minimum atomic E-state index is -0.713. The first-order chi connectivity index (χ1) is 18.9. The first-order valence-electron chi connectivity index (χ1n) is 12.6. The van der Waals surface area contributed by atoms with Crippen LogP contribution in [0.3, 0.4) is 0 Å². The van der Waals surface area contributed by atoms with Crippen LogP contribution in [0.4, 0.5) is 4.39 Å². The Balaban J connectivity index is 1.17. The van der Waals surface area contributed by atoms with Gasteiger partial charge in [0.15, 0.2) is 0 Å². The average Bonchev–Trinajstić information content (AvgIpc) is 2.96. The molecule has 3 N–H and O–H groups in total. The van der Waals surface area contributed by atoms with Gasteiger partial charge in [0.1, 0.15) is 5.82 Å². The SMILES string of the molecule is O=C(NCC(=O)N1CCc2cccc3c2C1CNC3=O)c1cc(Cc2n[nH]c(=O)c3ccccc23)ccc1F. The summed E-state index contributed by atoms with van der Waals surface area (Å²) >= 11 is 0. The molecule has 3 amide bonds. The van der Waals surface area contributed by atoms with Crippen molar-refractivity contribution in [3.05, 3.63) is 110 Å². The van der Waals surface area contributed by atoms with Gasteiger partial charge in [-0.15, -0.1) is 0 Å². The fourth-order valence-corrected chi connectivity index (χ4v) is 5.48. The number of halogens is 1. The smallest absolute Gasteiger partial charge is 0.272 e. The van der Waals surface area contributed by atoms with E-state index in [1.165, 1.54) is 12.1 Å². The molecule has 9 nitrogen and oxygen atoms in total. The highest BCUT2D eigenvalue weighted by Crippen LogP contribution is 2.34. The molecule has 0 bridgehead atoms. The van der Waals surface area contributed by atoms with Gasteiger partial charge in [-0.3, -0.25) is 19.2 Å². The van der Waals surface area contributed by atoms with Gasteiger partial charge in [-0.1, -0.05) is 36.4 Å². The summed E-state index contributed by atoms with van der Waals surface area (Å²) in [6.45, 7) is 0.443. The molecule has 0 aliphatic carbocycles. The molecule has 3 heterocycles. The number of amides is 3. The third-order valence-corrected chi connectivity index (χ3v) is 7.37. The Morgan fingerprint density at radius 2 is 1.87 bits per heavy atom. The number of nitrogens with one attached hydrogen (secondary N) is 3. The van der Waals surface area contributed by atoms with E-state index >= 15 is 0 Å². The van der Waals surface area contributed by atoms with Crippen molar-refractivity contribution >= 4 is 28.5 Å². The van der Waals surface area contributed by atoms with E-state index in [-0.39, 0.29) is 41.9 Å². The summed E-state index contributed by atoms with van der Waals surface area (Å²) in [4.78, 5) is 52.1. The molecule has 0 spiro atoms. The molecule has 0 saturated heterocycles. The molecule has 1 unspecified atom stereocenters. The molecule has 4 aromatic rings. The Morgan fingerprint density at radius 3 is 2.72 bits per heavy atom. The maximum Gasteiger partial charge on any atom is 0.272 e. The van der Waals surface area contributed by atoms with Crippen LogP contribution >= 0.6 is 0 Å². The molecule has 1 aromatic heterocycles. The number of rotatable bonds is 5. The second-order valence-corrected chi connectivity index (χ2v) is 9.66. The number of nitrogens with zero attached hydrogens (tertiary/aromatic N) is 2. The number of fused-ring (bicyclic) bond motifs is 1. The first kappa shape index (κ1) is 24.5. The monoisotopic (exact) mass is 525 g/mol. The molecule has 196 valence electrons. The van der Waals surface area contributed by atoms with Gasteiger partial charge in [0.25, 0.3) is 17.4 Å². The summed E-state index contributed by atoms with van der Waals surface area (Å²) in [5.74, 6) is -1.90. The third kappa shape index (κ3) is 4.43. The maximum absolute atomic E-state index is 14.7. The molecule has 0 radical (unpaired) electrons. The summed E-state index contributed by atoms with van der Waals surface area (Å²) in [7, 11) is 0. The van der Waals surface area contributed by atoms with Gasteiger partial charge in [-0.25, -0.2) is 9.49 Å². The standard InChI is InChI=1S/C29H24FN5O4/c30-22-9-8-16(13-23-18-5-1-2-6-19(18)29(39)34-33-23)12-21(22)28(38)32-15-25(36)35-11-10-17-4-3-7-20-26(17)24(35)14-31-27(20)37/h1-9,12,24H,10-11,13-15H2,(H,31,37)(H,32,38)(H,34,39). The maximum atomic E-state index is 14.7. The lowest BCUT2D eigenvalue weighted by Crippen LogP contribution is -2.51. The largest absolute Gasteiger partial charge is 0.350 e. The Kier molecular flexibility index (Phi) is 6.14. The number of benzene rings is 3. The number of carbonyl (C=O) groups is 3. The van der Waals surface area contributed by atoms with E-state index in [1.54, 1.807) is 41.3 Å². The molecule has 0 fully saturated rings. The number of H-pyrrole nitrogens is 1. The molecule has 1 atom stereocenters. The van der Waals surface area contributed by atoms with E-state index < -0.39 is 11.7 Å². The Labute approximate surface area is 222 Å². The second-order valence-electron chi connectivity index (χ2n) is 9.66. The third-order valence-electron chi connectivity index (χ3n) is 7.37. The topological polar surface area (TPSA) is 124 Å². The van der Waals surface area contributed by atoms with E-state index in [1.807, 2.05) is 12.1 Å². The highest BCUT2D eigenvalue weighted by Gasteiger charge is 2.36. The molecule has 39 heavy (non-hydrogen) atoms. The molecule has 10 heteroatoms. The van der Waals surface area contributed by atoms with Gasteiger partial charge in [0.2, 0.25) is 5.91 Å². The van der Waals surface area contributed by atoms with Crippen molar-refractivity contribution in [1.29, 1.82) is 0 Å². The van der Waals surface area contributed by atoms with Crippen molar-refractivity contribution in [3.8, 4) is 0 Å². The highest BCUT2D eigenvalue weighted by molar-refractivity contribution is 5.99. The molecule has 3 aromatic carbocycles. The van der Waals surface area contributed by atoms with Crippen LogP contribution in [0.2, 0.25) is 0 Å². The van der Waals surface area contributed by atoms with Gasteiger partial charge in [0, 0.05) is 30.5 Å². The molecule has 6 rings (SSSR count). The van der Waals surface area contributed by atoms with Crippen LogP contribution in [0, 0.1) is 5.82 Å². The predicted octanol–water partition coefficient (Wildman–Crippen LogP) is 2.25. The summed E-state index contributed by atoms with van der Waals surface area (Å²) in [5, 5.41) is 13.2. The summed E-state index contributed by atoms with van der Waals surface area (Å²) < 4.78 is 14.7. The molecular weight excluding hydrogens is 501 g/mol. The Hall–Kier alpha value is -4.86. The lowest BCUT2D eigenvalue weighted by molar-refractivity contribution is -0.133. The number of hydrogen-bond donors (Lipinski definition) is 3. The first-order valence-corrected chi connectivity index (χ1v) is 12.6. The predicted molar refractivity (Wildman–Crippen MR) is 141 cm³/mol. The number of aromatic amines is 1. The minimum absolute atomic E-state index is 0.161. The average molecular weight is 526 g/mol. The van der Waals surface area contributed by atoms with Gasteiger partial charge < -0.3 is 15.5 Å². The van der Waals surface area contributed by atoms with E-state index in [2.05, 4.69) is 20.8 Å². The van der Waals surface area contributed by atoms with Gasteiger partial charge in [0.05, 0.1) is 29.2 Å². The number of carbonyl (C=O) groups excluding carboxylic acids is 3. The van der Waals surface area contributed by atoms with E-state index in [0.717, 1.165) is 11.1 Å². The fraction of sp³-hybridized carbons (Fsp3) is 0.207. The zero-order valence-corrected chi connectivity index (χ0v) is 20.8. The Bertz CT molecular complexity index is 1720. The lowest BCUT2D eigenvalue weighted by Gasteiger charge is -2.40. The van der Waals surface area contributed by atoms with Crippen molar-refractivity contribution in [1.82, 2.24) is 25.7 Å². The molecule has 2 aliphatic rings. The van der Waals surface area contributed by atoms with Gasteiger partial charge >= 0.3 is 0 Å². The van der Waals surface area contributed by atoms with Crippen LogP contribution in [-0.2, 0) is 17.6 Å². The number of aromatic nitrogens is 2. The normalized spacial score (nSPS) is 16.0. The summed E-state index contributed by atoms with van der Waals surface area (Å²) in [5.41, 5.74) is 3.18. The quantitative estimate of drug-likeness (QED) is 0.369. The summed E-state index contributed by atoms with van der Waals surface area (Å²) in [6.07, 6.45) is 0.872. The van der Waals surface area contributed by atoms with Crippen molar-refractivity contribution < 1.29 is 18.8 Å². The van der Waals surface area contributed by atoms with Crippen LogP contribution in [0.15, 0.2) is 65.5 Å². The van der Waals surface area contributed by atoms with Crippen molar-refractivity contribution in [2.75, 3.05) is 19.6 Å². The van der Waals surface area contributed by atoms with Crippen LogP contribution < -0.4 is 16.2 Å². The van der Waals surface area contributed by atoms with Gasteiger partial charge in [-0.2, -0.15) is 5.10 Å². The zero-order valence-electron chi connectivity index (χ0n) is 20.8. The second kappa shape index (κ2) is 9.79. The Morgan fingerprint density at radius 1 is 1.05 bits per heavy atom. The lowest BCUT2D eigenvalue weighted by atomic mass is 9.86. The van der Waals surface area contributed by atoms with Crippen LogP contribution in [0.1, 0.15) is 49.1 Å².